The number of fused-ring (bicyclic) bond motifs is 3. The van der Waals surface area contributed by atoms with Crippen molar-refractivity contribution < 1.29 is 14.3 Å². The van der Waals surface area contributed by atoms with Gasteiger partial charge in [-0.3, -0.25) is 9.78 Å². The smallest absolute Gasteiger partial charge is 0.269 e. The lowest BCUT2D eigenvalue weighted by atomic mass is 9.79. The Balaban J connectivity index is 1.51. The summed E-state index contributed by atoms with van der Waals surface area (Å²) in [6, 6.07) is 8.16. The van der Waals surface area contributed by atoms with E-state index in [0.717, 1.165) is 65.4 Å². The maximum atomic E-state index is 12.1. The van der Waals surface area contributed by atoms with Gasteiger partial charge in [-0.05, 0) is 49.3 Å². The second-order valence-corrected chi connectivity index (χ2v) is 26.5. The molecule has 0 aromatic carbocycles. The quantitative estimate of drug-likeness (QED) is 0.117. The van der Waals surface area contributed by atoms with Crippen molar-refractivity contribution in [2.24, 2.45) is 11.8 Å². The molecule has 2 aliphatic rings. The van der Waals surface area contributed by atoms with Gasteiger partial charge in [-0.15, -0.1) is 0 Å². The molecule has 5 rings (SSSR count). The van der Waals surface area contributed by atoms with Crippen LogP contribution >= 0.6 is 0 Å². The molecule has 1 N–H and O–H groups in total. The van der Waals surface area contributed by atoms with Crippen LogP contribution in [-0.2, 0) is 9.47 Å². The molecule has 11 heteroatoms. The van der Waals surface area contributed by atoms with Crippen LogP contribution in [0.15, 0.2) is 30.6 Å². The van der Waals surface area contributed by atoms with Crippen LogP contribution in [0.1, 0.15) is 54.2 Å². The Morgan fingerprint density at radius 3 is 2.14 bits per heavy atom. The molecule has 1 amide bonds. The van der Waals surface area contributed by atoms with E-state index in [0.29, 0.717) is 25.1 Å². The highest BCUT2D eigenvalue weighted by atomic mass is 28.3. The van der Waals surface area contributed by atoms with Crippen molar-refractivity contribution in [2.75, 3.05) is 38.6 Å². The summed E-state index contributed by atoms with van der Waals surface area (Å²) in [6.45, 7) is 16.6. The lowest BCUT2D eigenvalue weighted by Gasteiger charge is -2.30. The fourth-order valence-corrected chi connectivity index (χ4v) is 7.96. The minimum absolute atomic E-state index is 0.204. The van der Waals surface area contributed by atoms with Crippen molar-refractivity contribution in [3.05, 3.63) is 42.0 Å². The van der Waals surface area contributed by atoms with Crippen LogP contribution in [0, 0.1) is 11.8 Å². The fourth-order valence-electron chi connectivity index (χ4n) is 6.44. The van der Waals surface area contributed by atoms with Gasteiger partial charge in [-0.1, -0.05) is 58.2 Å². The number of anilines is 1. The van der Waals surface area contributed by atoms with Crippen LogP contribution in [0.25, 0.3) is 16.8 Å². The van der Waals surface area contributed by atoms with Crippen LogP contribution in [-0.4, -0.2) is 75.4 Å². The van der Waals surface area contributed by atoms with Crippen LogP contribution < -0.4 is 10.2 Å². The summed E-state index contributed by atoms with van der Waals surface area (Å²) >= 11 is 0. The highest BCUT2D eigenvalue weighted by molar-refractivity contribution is 6.76. The number of amides is 1. The summed E-state index contributed by atoms with van der Waals surface area (Å²) in [4.78, 5) is 24.0. The molecule has 2 saturated carbocycles. The molecule has 2 aliphatic carbocycles. The van der Waals surface area contributed by atoms with Crippen molar-refractivity contribution in [2.45, 2.75) is 89.4 Å². The molecule has 240 valence electrons. The molecule has 3 aromatic heterocycles. The monoisotopic (exact) mass is 636 g/mol. The second kappa shape index (κ2) is 13.8. The molecule has 0 radical (unpaired) electrons. The van der Waals surface area contributed by atoms with Crippen molar-refractivity contribution in [1.82, 2.24) is 24.9 Å². The first-order chi connectivity index (χ1) is 20.9. The number of rotatable bonds is 14. The van der Waals surface area contributed by atoms with E-state index in [1.54, 1.807) is 19.3 Å². The minimum Gasteiger partial charge on any atom is -0.361 e. The molecule has 0 saturated heterocycles. The third-order valence-electron chi connectivity index (χ3n) is 9.12. The zero-order chi connectivity index (χ0) is 31.5. The van der Waals surface area contributed by atoms with Crippen molar-refractivity contribution >= 4 is 33.5 Å². The molecule has 0 spiro atoms. The minimum atomic E-state index is -1.22. The molecule has 3 atom stereocenters. The maximum Gasteiger partial charge on any atom is 0.269 e. The first kappa shape index (κ1) is 32.8. The topological polar surface area (TPSA) is 93.9 Å². The Labute approximate surface area is 265 Å². The van der Waals surface area contributed by atoms with Gasteiger partial charge in [-0.25, -0.2) is 4.98 Å². The van der Waals surface area contributed by atoms with E-state index in [1.807, 2.05) is 16.8 Å². The average Bonchev–Trinajstić information content (AvgIpc) is 3.56. The zero-order valence-electron chi connectivity index (χ0n) is 27.9. The molecule has 44 heavy (non-hydrogen) atoms. The number of carbonyl (C=O) groups excluding carboxylic acids is 1. The Morgan fingerprint density at radius 2 is 1.59 bits per heavy atom. The summed E-state index contributed by atoms with van der Waals surface area (Å²) in [7, 11) is -0.826. The summed E-state index contributed by atoms with van der Waals surface area (Å²) in [5.74, 6) is 2.79. The van der Waals surface area contributed by atoms with E-state index in [-0.39, 0.29) is 5.91 Å². The van der Waals surface area contributed by atoms with E-state index in [1.165, 1.54) is 32.1 Å². The molecule has 2 bridgehead atoms. The number of pyridine rings is 1. The third-order valence-corrected chi connectivity index (χ3v) is 12.5. The summed E-state index contributed by atoms with van der Waals surface area (Å²) in [5, 5.41) is 7.51. The first-order valence-electron chi connectivity index (χ1n) is 16.4. The summed E-state index contributed by atoms with van der Waals surface area (Å²) in [5.41, 5.74) is 4.12. The van der Waals surface area contributed by atoms with E-state index < -0.39 is 16.1 Å². The molecule has 3 aromatic rings. The van der Waals surface area contributed by atoms with E-state index >= 15 is 0 Å². The van der Waals surface area contributed by atoms with Crippen LogP contribution in [0.4, 0.5) is 5.82 Å². The highest BCUT2D eigenvalue weighted by Crippen LogP contribution is 2.48. The van der Waals surface area contributed by atoms with E-state index in [4.69, 9.17) is 19.6 Å². The third kappa shape index (κ3) is 8.35. The normalized spacial score (nSPS) is 20.3. The SMILES string of the molecule is CNC(=O)c1ccc(-c2cnn3c(N(COCC[Si](C)(C)C)COCC[Si](C)(C)C)cc([C@H]4C[C@@H]5CC[C@@H](C5)C4)nc23)cn1. The molecule has 2 fully saturated rings. The highest BCUT2D eigenvalue weighted by Gasteiger charge is 2.36. The molecular weight excluding hydrogens is 585 g/mol. The maximum absolute atomic E-state index is 12.1. The summed E-state index contributed by atoms with van der Waals surface area (Å²) in [6.07, 6.45) is 10.1. The van der Waals surface area contributed by atoms with Crippen molar-refractivity contribution in [3.8, 4) is 11.1 Å². The number of aromatic nitrogens is 4. The number of hydrogen-bond donors (Lipinski definition) is 1. The first-order valence-corrected chi connectivity index (χ1v) is 23.8. The number of nitrogens with one attached hydrogen (secondary N) is 1. The Bertz CT molecular complexity index is 1380. The van der Waals surface area contributed by atoms with Gasteiger partial charge in [0.1, 0.15) is 25.0 Å². The van der Waals surface area contributed by atoms with Gasteiger partial charge in [0.25, 0.3) is 5.91 Å². The fraction of sp³-hybridized carbons (Fsp3) is 0.636. The van der Waals surface area contributed by atoms with Crippen LogP contribution in [0.3, 0.4) is 0 Å². The Kier molecular flexibility index (Phi) is 10.3. The predicted molar refractivity (Wildman–Crippen MR) is 183 cm³/mol. The molecule has 0 aliphatic heterocycles. The number of ether oxygens (including phenoxy) is 2. The van der Waals surface area contributed by atoms with E-state index in [2.05, 4.69) is 60.5 Å². The standard InChI is InChI=1S/C33H52N6O3Si2/c1-34-33(40)29-11-10-26(20-35-29)28-21-36-39-31(19-30(37-32(28)39)27-17-24-8-9-25(16-24)18-27)38(22-41-12-14-43(2,3)4)23-42-13-15-44(5,6)7/h10-11,19-21,24-25,27H,8-9,12-18,22-23H2,1-7H3,(H,34,40)/t24-,25+,27+. The second-order valence-electron chi connectivity index (χ2n) is 15.3. The molecule has 3 heterocycles. The molecule has 0 unspecified atom stereocenters. The van der Waals surface area contributed by atoms with Crippen LogP contribution in [0.2, 0.25) is 51.4 Å². The Hall–Kier alpha value is -2.61. The zero-order valence-corrected chi connectivity index (χ0v) is 29.9. The molecule has 9 nitrogen and oxygen atoms in total. The van der Waals surface area contributed by atoms with Gasteiger partial charge in [0, 0.05) is 71.4 Å². The van der Waals surface area contributed by atoms with Gasteiger partial charge in [0.15, 0.2) is 5.65 Å². The van der Waals surface area contributed by atoms with Crippen LogP contribution in [0.5, 0.6) is 0 Å². The van der Waals surface area contributed by atoms with Gasteiger partial charge in [0.05, 0.1) is 6.20 Å². The molecular formula is C33H52N6O3Si2. The van der Waals surface area contributed by atoms with Gasteiger partial charge < -0.3 is 19.7 Å². The number of hydrogen-bond acceptors (Lipinski definition) is 7. The van der Waals surface area contributed by atoms with E-state index in [9.17, 15) is 4.79 Å². The number of nitrogens with zero attached hydrogens (tertiary/aromatic N) is 5. The largest absolute Gasteiger partial charge is 0.361 e. The average molecular weight is 637 g/mol. The lowest BCUT2D eigenvalue weighted by molar-refractivity contribution is 0.0941. The Morgan fingerprint density at radius 1 is 0.955 bits per heavy atom. The lowest BCUT2D eigenvalue weighted by Crippen LogP contribution is -2.33. The number of carbonyl (C=O) groups is 1. The van der Waals surface area contributed by atoms with Gasteiger partial charge in [0.2, 0.25) is 0 Å². The van der Waals surface area contributed by atoms with Crippen molar-refractivity contribution in [1.29, 1.82) is 0 Å². The summed E-state index contributed by atoms with van der Waals surface area (Å²) < 4.78 is 14.6. The van der Waals surface area contributed by atoms with Gasteiger partial charge in [-0.2, -0.15) is 9.61 Å². The van der Waals surface area contributed by atoms with Gasteiger partial charge >= 0.3 is 0 Å². The predicted octanol–water partition coefficient (Wildman–Crippen LogP) is 6.88. The van der Waals surface area contributed by atoms with Crippen molar-refractivity contribution in [3.63, 3.8) is 0 Å².